The minimum Gasteiger partial charge on any atom is -0.360 e. The Morgan fingerprint density at radius 3 is 2.46 bits per heavy atom. The standard InChI is InChI=1S/C23H25N3O2/c1-16(22(27)20-15-24-21-10-6-5-9-19(20)21)26-13-11-17(12-14-26)23(28)25-18-7-3-2-4-8-18/h2-10,15-17,24H,11-14H2,1H3,(H,25,28)/t16-/m0/s1. The molecule has 5 nitrogen and oxygen atoms in total. The SMILES string of the molecule is C[C@@H](C(=O)c1c[nH]c2ccccc12)N1CCC(C(=O)Nc2ccccc2)CC1. The molecule has 3 aromatic rings. The lowest BCUT2D eigenvalue weighted by atomic mass is 9.93. The highest BCUT2D eigenvalue weighted by atomic mass is 16.2. The monoisotopic (exact) mass is 375 g/mol. The number of para-hydroxylation sites is 2. The van der Waals surface area contributed by atoms with Gasteiger partial charge in [0.1, 0.15) is 0 Å². The molecule has 0 aliphatic carbocycles. The second-order valence-electron chi connectivity index (χ2n) is 7.45. The molecule has 1 aromatic heterocycles. The Hall–Kier alpha value is -2.92. The fourth-order valence-electron chi connectivity index (χ4n) is 3.98. The zero-order valence-electron chi connectivity index (χ0n) is 16.0. The lowest BCUT2D eigenvalue weighted by Crippen LogP contribution is -2.45. The molecule has 1 saturated heterocycles. The van der Waals surface area contributed by atoms with Gasteiger partial charge >= 0.3 is 0 Å². The maximum Gasteiger partial charge on any atom is 0.227 e. The first-order chi connectivity index (χ1) is 13.6. The molecule has 2 N–H and O–H groups in total. The molecule has 0 spiro atoms. The molecule has 144 valence electrons. The van der Waals surface area contributed by atoms with Crippen molar-refractivity contribution in [2.75, 3.05) is 18.4 Å². The number of hydrogen-bond acceptors (Lipinski definition) is 3. The molecular formula is C23H25N3O2. The first-order valence-corrected chi connectivity index (χ1v) is 9.84. The number of anilines is 1. The fraction of sp³-hybridized carbons (Fsp3) is 0.304. The van der Waals surface area contributed by atoms with Crippen LogP contribution in [0.2, 0.25) is 0 Å². The van der Waals surface area contributed by atoms with E-state index in [0.29, 0.717) is 0 Å². The molecule has 2 aromatic carbocycles. The van der Waals surface area contributed by atoms with Crippen LogP contribution in [0.4, 0.5) is 5.69 Å². The molecule has 1 fully saturated rings. The van der Waals surface area contributed by atoms with E-state index in [1.54, 1.807) is 0 Å². The minimum atomic E-state index is -0.197. The number of rotatable bonds is 5. The van der Waals surface area contributed by atoms with Crippen LogP contribution in [-0.4, -0.2) is 40.7 Å². The molecular weight excluding hydrogens is 350 g/mol. The number of carbonyl (C=O) groups excluding carboxylic acids is 2. The highest BCUT2D eigenvalue weighted by Crippen LogP contribution is 2.24. The second kappa shape index (κ2) is 7.98. The summed E-state index contributed by atoms with van der Waals surface area (Å²) in [5.41, 5.74) is 2.55. The molecule has 5 heteroatoms. The van der Waals surface area contributed by atoms with Crippen LogP contribution in [0.5, 0.6) is 0 Å². The molecule has 4 rings (SSSR count). The van der Waals surface area contributed by atoms with Gasteiger partial charge in [0.2, 0.25) is 5.91 Å². The molecule has 1 aliphatic rings. The zero-order chi connectivity index (χ0) is 19.5. The molecule has 0 bridgehead atoms. The van der Waals surface area contributed by atoms with Crippen molar-refractivity contribution in [2.24, 2.45) is 5.92 Å². The van der Waals surface area contributed by atoms with E-state index >= 15 is 0 Å². The summed E-state index contributed by atoms with van der Waals surface area (Å²) < 4.78 is 0. The van der Waals surface area contributed by atoms with Crippen LogP contribution >= 0.6 is 0 Å². The summed E-state index contributed by atoms with van der Waals surface area (Å²) in [6.07, 6.45) is 3.35. The van der Waals surface area contributed by atoms with Crippen molar-refractivity contribution in [2.45, 2.75) is 25.8 Å². The number of aromatic amines is 1. The number of Topliss-reactive ketones (excluding diaryl/α,β-unsaturated/α-hetero) is 1. The van der Waals surface area contributed by atoms with Crippen molar-refractivity contribution < 1.29 is 9.59 Å². The Labute approximate surface area is 164 Å². The van der Waals surface area contributed by atoms with Gasteiger partial charge in [-0.1, -0.05) is 36.4 Å². The van der Waals surface area contributed by atoms with E-state index in [1.165, 1.54) is 0 Å². The Morgan fingerprint density at radius 1 is 1.04 bits per heavy atom. The maximum atomic E-state index is 13.0. The third-order valence-electron chi connectivity index (χ3n) is 5.72. The number of nitrogens with zero attached hydrogens (tertiary/aromatic N) is 1. The van der Waals surface area contributed by atoms with E-state index in [-0.39, 0.29) is 23.7 Å². The summed E-state index contributed by atoms with van der Waals surface area (Å²) in [6, 6.07) is 17.2. The van der Waals surface area contributed by atoms with Gasteiger partial charge < -0.3 is 10.3 Å². The highest BCUT2D eigenvalue weighted by Gasteiger charge is 2.30. The van der Waals surface area contributed by atoms with Gasteiger partial charge in [0.05, 0.1) is 6.04 Å². The number of carbonyl (C=O) groups is 2. The minimum absolute atomic E-state index is 0.00755. The molecule has 0 radical (unpaired) electrons. The van der Waals surface area contributed by atoms with Crippen LogP contribution < -0.4 is 5.32 Å². The quantitative estimate of drug-likeness (QED) is 0.660. The second-order valence-corrected chi connectivity index (χ2v) is 7.45. The summed E-state index contributed by atoms with van der Waals surface area (Å²) in [7, 11) is 0. The van der Waals surface area contributed by atoms with E-state index < -0.39 is 0 Å². The van der Waals surface area contributed by atoms with Gasteiger partial charge in [-0.3, -0.25) is 14.5 Å². The summed E-state index contributed by atoms with van der Waals surface area (Å²) in [5.74, 6) is 0.193. The van der Waals surface area contributed by atoms with Gasteiger partial charge in [-0.2, -0.15) is 0 Å². The lowest BCUT2D eigenvalue weighted by molar-refractivity contribution is -0.121. The predicted octanol–water partition coefficient (Wildman–Crippen LogP) is 4.09. The number of aromatic nitrogens is 1. The number of ketones is 1. The first kappa shape index (κ1) is 18.4. The number of likely N-dealkylation sites (tertiary alicyclic amines) is 1. The van der Waals surface area contributed by atoms with Gasteiger partial charge in [0, 0.05) is 34.3 Å². The number of amides is 1. The predicted molar refractivity (Wildman–Crippen MR) is 111 cm³/mol. The summed E-state index contributed by atoms with van der Waals surface area (Å²) >= 11 is 0. The van der Waals surface area contributed by atoms with Gasteiger partial charge in [-0.05, 0) is 51.1 Å². The van der Waals surface area contributed by atoms with E-state index in [9.17, 15) is 9.59 Å². The largest absolute Gasteiger partial charge is 0.360 e. The van der Waals surface area contributed by atoms with Crippen molar-refractivity contribution >= 4 is 28.3 Å². The number of H-pyrrole nitrogens is 1. The molecule has 28 heavy (non-hydrogen) atoms. The van der Waals surface area contributed by atoms with Gasteiger partial charge in [-0.25, -0.2) is 0 Å². The average molecular weight is 375 g/mol. The van der Waals surface area contributed by atoms with Crippen LogP contribution in [-0.2, 0) is 4.79 Å². The number of fused-ring (bicyclic) bond motifs is 1. The van der Waals surface area contributed by atoms with Crippen LogP contribution in [0.25, 0.3) is 10.9 Å². The van der Waals surface area contributed by atoms with E-state index in [4.69, 9.17) is 0 Å². The Morgan fingerprint density at radius 2 is 1.71 bits per heavy atom. The Kier molecular flexibility index (Phi) is 5.26. The summed E-state index contributed by atoms with van der Waals surface area (Å²) in [4.78, 5) is 30.9. The first-order valence-electron chi connectivity index (χ1n) is 9.84. The lowest BCUT2D eigenvalue weighted by Gasteiger charge is -2.34. The summed E-state index contributed by atoms with van der Waals surface area (Å²) in [5, 5.41) is 3.96. The highest BCUT2D eigenvalue weighted by molar-refractivity contribution is 6.10. The van der Waals surface area contributed by atoms with E-state index in [1.807, 2.05) is 67.7 Å². The molecule has 1 atom stereocenters. The van der Waals surface area contributed by atoms with Crippen LogP contribution in [0.15, 0.2) is 60.8 Å². The smallest absolute Gasteiger partial charge is 0.227 e. The number of nitrogens with one attached hydrogen (secondary N) is 2. The number of hydrogen-bond donors (Lipinski definition) is 2. The Bertz CT molecular complexity index is 972. The average Bonchev–Trinajstić information content (AvgIpc) is 3.17. The third kappa shape index (κ3) is 3.71. The van der Waals surface area contributed by atoms with Crippen molar-refractivity contribution in [1.82, 2.24) is 9.88 Å². The third-order valence-corrected chi connectivity index (χ3v) is 5.72. The fourth-order valence-corrected chi connectivity index (χ4v) is 3.98. The number of piperidine rings is 1. The van der Waals surface area contributed by atoms with Crippen molar-refractivity contribution in [1.29, 1.82) is 0 Å². The maximum absolute atomic E-state index is 13.0. The van der Waals surface area contributed by atoms with E-state index in [0.717, 1.165) is 48.1 Å². The van der Waals surface area contributed by atoms with Crippen molar-refractivity contribution in [3.05, 3.63) is 66.4 Å². The van der Waals surface area contributed by atoms with Gasteiger partial charge in [0.25, 0.3) is 0 Å². The van der Waals surface area contributed by atoms with Crippen molar-refractivity contribution in [3.63, 3.8) is 0 Å². The molecule has 1 aliphatic heterocycles. The van der Waals surface area contributed by atoms with Gasteiger partial charge in [0.15, 0.2) is 5.78 Å². The molecule has 1 amide bonds. The van der Waals surface area contributed by atoms with Gasteiger partial charge in [-0.15, -0.1) is 0 Å². The molecule has 0 unspecified atom stereocenters. The molecule has 2 heterocycles. The summed E-state index contributed by atoms with van der Waals surface area (Å²) in [6.45, 7) is 3.47. The molecule has 0 saturated carbocycles. The number of benzene rings is 2. The van der Waals surface area contributed by atoms with E-state index in [2.05, 4.69) is 15.2 Å². The van der Waals surface area contributed by atoms with Crippen molar-refractivity contribution in [3.8, 4) is 0 Å². The van der Waals surface area contributed by atoms with Crippen LogP contribution in [0.3, 0.4) is 0 Å². The van der Waals surface area contributed by atoms with Crippen LogP contribution in [0.1, 0.15) is 30.1 Å². The Balaban J connectivity index is 1.36. The van der Waals surface area contributed by atoms with Crippen LogP contribution in [0, 0.1) is 5.92 Å². The normalized spacial score (nSPS) is 16.8. The topological polar surface area (TPSA) is 65.2 Å². The zero-order valence-corrected chi connectivity index (χ0v) is 16.0.